The van der Waals surface area contributed by atoms with Crippen molar-refractivity contribution in [1.82, 2.24) is 0 Å². The second kappa shape index (κ2) is 5.18. The minimum atomic E-state index is 0.989. The van der Waals surface area contributed by atoms with Gasteiger partial charge in [-0.05, 0) is 12.5 Å². The second-order valence-corrected chi connectivity index (χ2v) is 2.89. The first-order valence-electron chi connectivity index (χ1n) is 4.64. The molecule has 1 nitrogen and oxygen atoms in total. The molecule has 0 aliphatic rings. The summed E-state index contributed by atoms with van der Waals surface area (Å²) in [5, 5.41) is 0. The van der Waals surface area contributed by atoms with Gasteiger partial charge >= 0.3 is 0 Å². The lowest BCUT2D eigenvalue weighted by molar-refractivity contribution is 1.41. The molecule has 0 aromatic heterocycles. The van der Waals surface area contributed by atoms with Crippen molar-refractivity contribution in [1.29, 1.82) is 0 Å². The summed E-state index contributed by atoms with van der Waals surface area (Å²) < 4.78 is 0. The van der Waals surface area contributed by atoms with E-state index >= 15 is 0 Å². The summed E-state index contributed by atoms with van der Waals surface area (Å²) in [6, 6.07) is 10.1. The van der Waals surface area contributed by atoms with Gasteiger partial charge in [0.1, 0.15) is 0 Å². The third-order valence-electron chi connectivity index (χ3n) is 2.08. The van der Waals surface area contributed by atoms with Crippen LogP contribution in [-0.2, 0) is 0 Å². The van der Waals surface area contributed by atoms with Gasteiger partial charge in [0, 0.05) is 12.6 Å². The Hall–Kier alpha value is -1.63. The van der Waals surface area contributed by atoms with E-state index in [-0.39, 0.29) is 0 Å². The molecule has 14 heavy (non-hydrogen) atoms. The molecule has 0 spiro atoms. The van der Waals surface area contributed by atoms with E-state index in [2.05, 4.69) is 23.7 Å². The van der Waals surface area contributed by atoms with Crippen LogP contribution in [0.5, 0.6) is 0 Å². The highest BCUT2D eigenvalue weighted by Crippen LogP contribution is 2.10. The predicted molar refractivity (Wildman–Crippen MR) is 62.9 cm³/mol. The first kappa shape index (κ1) is 10.5. The molecule has 0 atom stereocenters. The number of rotatable bonds is 3. The van der Waals surface area contributed by atoms with Gasteiger partial charge in [-0.25, -0.2) is 0 Å². The van der Waals surface area contributed by atoms with Crippen LogP contribution in [0.2, 0.25) is 0 Å². The first-order valence-corrected chi connectivity index (χ1v) is 4.64. The maximum atomic E-state index is 4.28. The summed E-state index contributed by atoms with van der Waals surface area (Å²) in [6.45, 7) is 5.77. The van der Waals surface area contributed by atoms with Crippen molar-refractivity contribution in [3.63, 3.8) is 0 Å². The lowest BCUT2D eigenvalue weighted by Gasteiger charge is -2.05. The molecule has 1 rings (SSSR count). The van der Waals surface area contributed by atoms with Gasteiger partial charge in [0.15, 0.2) is 0 Å². The smallest absolute Gasteiger partial charge is 0.0711 e. The first-order chi connectivity index (χ1) is 6.83. The third kappa shape index (κ3) is 2.19. The van der Waals surface area contributed by atoms with Crippen molar-refractivity contribution >= 4 is 5.71 Å². The number of hydrogen-bond donors (Lipinski definition) is 0. The summed E-state index contributed by atoms with van der Waals surface area (Å²) in [4.78, 5) is 4.28. The molecule has 0 aliphatic heterocycles. The zero-order chi connectivity index (χ0) is 10.4. The number of nitrogens with zero attached hydrogens (tertiary/aromatic N) is 1. The van der Waals surface area contributed by atoms with E-state index in [4.69, 9.17) is 0 Å². The van der Waals surface area contributed by atoms with Gasteiger partial charge in [-0.1, -0.05) is 49.1 Å². The summed E-state index contributed by atoms with van der Waals surface area (Å²) in [7, 11) is 1.80. The Morgan fingerprint density at radius 3 is 2.36 bits per heavy atom. The largest absolute Gasteiger partial charge is 0.287 e. The van der Waals surface area contributed by atoms with Crippen LogP contribution in [-0.4, -0.2) is 12.8 Å². The van der Waals surface area contributed by atoms with E-state index in [0.717, 1.165) is 16.8 Å². The highest BCUT2D eigenvalue weighted by Gasteiger charge is 2.03. The van der Waals surface area contributed by atoms with Crippen molar-refractivity contribution in [2.75, 3.05) is 7.05 Å². The number of aliphatic imine (C=N–C) groups is 1. The van der Waals surface area contributed by atoms with Gasteiger partial charge in [0.05, 0.1) is 5.71 Å². The molecule has 0 saturated heterocycles. The van der Waals surface area contributed by atoms with Gasteiger partial charge in [-0.15, -0.1) is 0 Å². The molecule has 1 heteroatoms. The molecular weight excluding hydrogens is 170 g/mol. The quantitative estimate of drug-likeness (QED) is 0.506. The van der Waals surface area contributed by atoms with E-state index in [1.807, 2.05) is 37.3 Å². The highest BCUT2D eigenvalue weighted by molar-refractivity contribution is 6.14. The number of hydrogen-bond acceptors (Lipinski definition) is 1. The monoisotopic (exact) mass is 185 g/mol. The third-order valence-corrected chi connectivity index (χ3v) is 2.08. The van der Waals surface area contributed by atoms with Crippen molar-refractivity contribution in [2.45, 2.75) is 6.92 Å². The normalized spacial score (nSPS) is 12.7. The summed E-state index contributed by atoms with van der Waals surface area (Å²) in [6.07, 6.45) is 3.84. The Labute approximate surface area is 85.5 Å². The van der Waals surface area contributed by atoms with Gasteiger partial charge < -0.3 is 0 Å². The van der Waals surface area contributed by atoms with Gasteiger partial charge in [0.2, 0.25) is 0 Å². The lowest BCUT2D eigenvalue weighted by atomic mass is 10.0. The standard InChI is InChI=1S/C13H15N/c1-4-11(5-2)13(14-3)12-9-7-6-8-10-12/h4-10H,1H2,2-3H3/b11-5-,14-13+. The van der Waals surface area contributed by atoms with Crippen molar-refractivity contribution in [2.24, 2.45) is 4.99 Å². The molecule has 0 bridgehead atoms. The fourth-order valence-corrected chi connectivity index (χ4v) is 1.37. The van der Waals surface area contributed by atoms with E-state index in [0.29, 0.717) is 0 Å². The molecule has 0 radical (unpaired) electrons. The lowest BCUT2D eigenvalue weighted by Crippen LogP contribution is -2.02. The van der Waals surface area contributed by atoms with E-state index in [1.54, 1.807) is 7.05 Å². The maximum Gasteiger partial charge on any atom is 0.0711 e. The summed E-state index contributed by atoms with van der Waals surface area (Å²) in [5.41, 5.74) is 3.19. The Kier molecular flexibility index (Phi) is 3.86. The predicted octanol–water partition coefficient (Wildman–Crippen LogP) is 3.24. The van der Waals surface area contributed by atoms with Gasteiger partial charge in [-0.2, -0.15) is 0 Å². The van der Waals surface area contributed by atoms with Crippen LogP contribution in [0.15, 0.2) is 59.6 Å². The SMILES string of the molecule is C=CC(=C/C)/C(=N\C)c1ccccc1. The molecule has 0 saturated carbocycles. The van der Waals surface area contributed by atoms with Crippen LogP contribution in [0.1, 0.15) is 12.5 Å². The molecule has 0 unspecified atom stereocenters. The Morgan fingerprint density at radius 2 is 1.93 bits per heavy atom. The summed E-state index contributed by atoms with van der Waals surface area (Å²) >= 11 is 0. The molecular formula is C13H15N. The molecule has 0 fully saturated rings. The maximum absolute atomic E-state index is 4.28. The molecule has 0 amide bonds. The molecule has 0 aliphatic carbocycles. The van der Waals surface area contributed by atoms with Crippen LogP contribution >= 0.6 is 0 Å². The molecule has 0 N–H and O–H groups in total. The van der Waals surface area contributed by atoms with Crippen LogP contribution < -0.4 is 0 Å². The number of allylic oxidation sites excluding steroid dienone is 3. The van der Waals surface area contributed by atoms with E-state index in [1.165, 1.54) is 0 Å². The zero-order valence-corrected chi connectivity index (χ0v) is 8.70. The van der Waals surface area contributed by atoms with E-state index < -0.39 is 0 Å². The fraction of sp³-hybridized carbons (Fsp3) is 0.154. The molecule has 1 aromatic carbocycles. The van der Waals surface area contributed by atoms with Gasteiger partial charge in [-0.3, -0.25) is 4.99 Å². The van der Waals surface area contributed by atoms with Crippen LogP contribution in [0.3, 0.4) is 0 Å². The summed E-state index contributed by atoms with van der Waals surface area (Å²) in [5.74, 6) is 0. The zero-order valence-electron chi connectivity index (χ0n) is 8.70. The van der Waals surface area contributed by atoms with Crippen molar-refractivity contribution in [3.05, 3.63) is 60.2 Å². The van der Waals surface area contributed by atoms with Crippen molar-refractivity contribution in [3.8, 4) is 0 Å². The highest BCUT2D eigenvalue weighted by atomic mass is 14.7. The Balaban J connectivity index is 3.13. The topological polar surface area (TPSA) is 12.4 Å². The molecule has 1 aromatic rings. The van der Waals surface area contributed by atoms with Crippen LogP contribution in [0.4, 0.5) is 0 Å². The Bertz CT molecular complexity index is 358. The number of benzene rings is 1. The average Bonchev–Trinajstić information content (AvgIpc) is 2.27. The molecule has 72 valence electrons. The minimum absolute atomic E-state index is 0.989. The van der Waals surface area contributed by atoms with E-state index in [9.17, 15) is 0 Å². The second-order valence-electron chi connectivity index (χ2n) is 2.89. The van der Waals surface area contributed by atoms with Crippen molar-refractivity contribution < 1.29 is 0 Å². The van der Waals surface area contributed by atoms with Crippen LogP contribution in [0.25, 0.3) is 0 Å². The minimum Gasteiger partial charge on any atom is -0.287 e. The average molecular weight is 185 g/mol. The Morgan fingerprint density at radius 1 is 1.29 bits per heavy atom. The van der Waals surface area contributed by atoms with Gasteiger partial charge in [0.25, 0.3) is 0 Å². The molecule has 0 heterocycles. The fourth-order valence-electron chi connectivity index (χ4n) is 1.37. The van der Waals surface area contributed by atoms with Crippen LogP contribution in [0, 0.1) is 0 Å².